The smallest absolute Gasteiger partial charge is 0.251 e. The van der Waals surface area contributed by atoms with Crippen molar-refractivity contribution in [3.63, 3.8) is 0 Å². The SMILES string of the molecule is CCCNC(=O)c1ccc2c(C(=Nc3ccc(N(CCN(C)C)S(C)(=O)=O)cc3)c3ccccc3)c(O)[nH]c2c1. The van der Waals surface area contributed by atoms with Crippen LogP contribution < -0.4 is 9.62 Å². The van der Waals surface area contributed by atoms with Crippen LogP contribution >= 0.6 is 0 Å². The van der Waals surface area contributed by atoms with Gasteiger partial charge in [0.25, 0.3) is 5.91 Å². The Bertz CT molecular complexity index is 1610. The van der Waals surface area contributed by atoms with Crippen LogP contribution in [0.15, 0.2) is 77.8 Å². The van der Waals surface area contributed by atoms with Crippen LogP contribution in [0.4, 0.5) is 11.4 Å². The Morgan fingerprint density at radius 2 is 1.68 bits per heavy atom. The molecule has 0 aliphatic heterocycles. The van der Waals surface area contributed by atoms with Crippen LogP contribution in [-0.2, 0) is 10.0 Å². The van der Waals surface area contributed by atoms with E-state index in [1.165, 1.54) is 10.6 Å². The van der Waals surface area contributed by atoms with E-state index in [-0.39, 0.29) is 11.8 Å². The molecule has 0 atom stereocenters. The molecule has 1 heterocycles. The molecule has 1 amide bonds. The Morgan fingerprint density at radius 3 is 2.30 bits per heavy atom. The van der Waals surface area contributed by atoms with Crippen LogP contribution in [-0.4, -0.2) is 75.0 Å². The highest BCUT2D eigenvalue weighted by atomic mass is 32.2. The number of sulfonamides is 1. The number of aromatic amines is 1. The second kappa shape index (κ2) is 12.4. The number of carbonyl (C=O) groups is 1. The van der Waals surface area contributed by atoms with Crippen molar-refractivity contribution in [1.82, 2.24) is 15.2 Å². The molecule has 0 aliphatic carbocycles. The van der Waals surface area contributed by atoms with Crippen LogP contribution in [0.25, 0.3) is 10.9 Å². The fourth-order valence-electron chi connectivity index (χ4n) is 4.37. The first-order valence-corrected chi connectivity index (χ1v) is 14.9. The van der Waals surface area contributed by atoms with Gasteiger partial charge in [-0.15, -0.1) is 0 Å². The van der Waals surface area contributed by atoms with Crippen molar-refractivity contribution in [2.24, 2.45) is 4.99 Å². The number of likely N-dealkylation sites (N-methyl/N-ethyl adjacent to an activating group) is 1. The Morgan fingerprint density at radius 1 is 0.975 bits per heavy atom. The zero-order valence-electron chi connectivity index (χ0n) is 23.2. The fourth-order valence-corrected chi connectivity index (χ4v) is 5.28. The van der Waals surface area contributed by atoms with E-state index < -0.39 is 10.0 Å². The molecular weight excluding hydrogens is 526 g/mol. The number of H-pyrrole nitrogens is 1. The molecule has 1 aromatic heterocycles. The number of aliphatic imine (C=N–C) groups is 1. The Labute approximate surface area is 235 Å². The molecule has 0 radical (unpaired) electrons. The molecule has 0 fully saturated rings. The average molecular weight is 562 g/mol. The van der Waals surface area contributed by atoms with Crippen molar-refractivity contribution in [3.8, 4) is 5.88 Å². The van der Waals surface area contributed by atoms with Gasteiger partial charge in [0.05, 0.1) is 28.9 Å². The molecule has 3 N–H and O–H groups in total. The van der Waals surface area contributed by atoms with Gasteiger partial charge in [-0.1, -0.05) is 43.3 Å². The third-order valence-corrected chi connectivity index (χ3v) is 7.58. The van der Waals surface area contributed by atoms with E-state index in [1.54, 1.807) is 42.5 Å². The summed E-state index contributed by atoms with van der Waals surface area (Å²) in [5.41, 5.74) is 4.08. The lowest BCUT2D eigenvalue weighted by Gasteiger charge is -2.24. The zero-order chi connectivity index (χ0) is 28.9. The standard InChI is InChI=1S/C30H35N5O4S/c1-5-17-31-29(36)22-11-16-25-26(20-22)33-30(37)27(25)28(21-9-7-6-8-10-21)32-23-12-14-24(15-13-23)35(40(4,38)39)19-18-34(2)3/h6-16,20,33,37H,5,17-19H2,1-4H3,(H,31,36). The molecule has 40 heavy (non-hydrogen) atoms. The number of carbonyl (C=O) groups excluding carboxylic acids is 1. The number of nitrogens with one attached hydrogen (secondary N) is 2. The van der Waals surface area contributed by atoms with E-state index in [1.807, 2.05) is 56.3 Å². The number of aromatic nitrogens is 1. The average Bonchev–Trinajstić information content (AvgIpc) is 3.25. The maximum absolute atomic E-state index is 12.5. The van der Waals surface area contributed by atoms with Crippen molar-refractivity contribution >= 4 is 43.9 Å². The number of hydrogen-bond donors (Lipinski definition) is 3. The number of aromatic hydroxyl groups is 1. The summed E-state index contributed by atoms with van der Waals surface area (Å²) in [6, 6.07) is 21.7. The van der Waals surface area contributed by atoms with Crippen molar-refractivity contribution in [2.75, 3.05) is 44.3 Å². The highest BCUT2D eigenvalue weighted by molar-refractivity contribution is 7.92. The number of fused-ring (bicyclic) bond motifs is 1. The number of nitrogens with zero attached hydrogens (tertiary/aromatic N) is 3. The number of anilines is 1. The van der Waals surface area contributed by atoms with Crippen molar-refractivity contribution in [1.29, 1.82) is 0 Å². The largest absolute Gasteiger partial charge is 0.494 e. The molecule has 0 saturated carbocycles. The second-order valence-corrected chi connectivity index (χ2v) is 11.8. The van der Waals surface area contributed by atoms with Gasteiger partial charge in [-0.25, -0.2) is 13.4 Å². The van der Waals surface area contributed by atoms with Crippen LogP contribution in [0.5, 0.6) is 5.88 Å². The molecule has 210 valence electrons. The van der Waals surface area contributed by atoms with Crippen molar-refractivity contribution in [2.45, 2.75) is 13.3 Å². The molecule has 3 aromatic carbocycles. The van der Waals surface area contributed by atoms with Crippen LogP contribution in [0.1, 0.15) is 34.8 Å². The number of benzene rings is 3. The summed E-state index contributed by atoms with van der Waals surface area (Å²) in [7, 11) is 0.321. The van der Waals surface area contributed by atoms with E-state index in [0.717, 1.165) is 17.4 Å². The molecule has 9 nitrogen and oxygen atoms in total. The summed E-state index contributed by atoms with van der Waals surface area (Å²) in [6.07, 6.45) is 2.03. The minimum Gasteiger partial charge on any atom is -0.494 e. The third kappa shape index (κ3) is 6.70. The summed E-state index contributed by atoms with van der Waals surface area (Å²) in [4.78, 5) is 22.3. The lowest BCUT2D eigenvalue weighted by molar-refractivity contribution is 0.0953. The number of amides is 1. The Kier molecular flexibility index (Phi) is 8.91. The first-order chi connectivity index (χ1) is 19.1. The monoisotopic (exact) mass is 561 g/mol. The topological polar surface area (TPSA) is 118 Å². The van der Waals surface area contributed by atoms with E-state index >= 15 is 0 Å². The van der Waals surface area contributed by atoms with Gasteiger partial charge in [0.15, 0.2) is 5.88 Å². The van der Waals surface area contributed by atoms with E-state index in [0.29, 0.717) is 53.4 Å². The number of rotatable bonds is 11. The molecule has 0 unspecified atom stereocenters. The van der Waals surface area contributed by atoms with Gasteiger partial charge in [-0.05, 0) is 56.9 Å². The van der Waals surface area contributed by atoms with Crippen molar-refractivity contribution < 1.29 is 18.3 Å². The molecule has 4 aromatic rings. The lowest BCUT2D eigenvalue weighted by Crippen LogP contribution is -2.35. The zero-order valence-corrected chi connectivity index (χ0v) is 24.0. The van der Waals surface area contributed by atoms with E-state index in [4.69, 9.17) is 4.99 Å². The maximum atomic E-state index is 12.5. The quantitative estimate of drug-likeness (QED) is 0.233. The van der Waals surface area contributed by atoms with Gasteiger partial charge in [0.1, 0.15) is 0 Å². The van der Waals surface area contributed by atoms with Crippen LogP contribution in [0.2, 0.25) is 0 Å². The highest BCUT2D eigenvalue weighted by Crippen LogP contribution is 2.32. The first kappa shape index (κ1) is 28.8. The third-order valence-electron chi connectivity index (χ3n) is 6.39. The minimum absolute atomic E-state index is 0.0627. The summed E-state index contributed by atoms with van der Waals surface area (Å²) >= 11 is 0. The normalized spacial score (nSPS) is 12.2. The molecule has 4 rings (SSSR count). The van der Waals surface area contributed by atoms with E-state index in [9.17, 15) is 18.3 Å². The second-order valence-electron chi connectivity index (χ2n) is 9.85. The predicted octanol–water partition coefficient (Wildman–Crippen LogP) is 4.51. The van der Waals surface area contributed by atoms with Crippen LogP contribution in [0.3, 0.4) is 0 Å². The van der Waals surface area contributed by atoms with Gasteiger partial charge in [0.2, 0.25) is 10.0 Å². The Balaban J connectivity index is 1.77. The lowest BCUT2D eigenvalue weighted by atomic mass is 10.00. The first-order valence-electron chi connectivity index (χ1n) is 13.1. The predicted molar refractivity (Wildman–Crippen MR) is 162 cm³/mol. The maximum Gasteiger partial charge on any atom is 0.251 e. The minimum atomic E-state index is -3.47. The molecule has 0 saturated heterocycles. The molecule has 0 spiro atoms. The molecule has 0 aliphatic rings. The highest BCUT2D eigenvalue weighted by Gasteiger charge is 2.21. The van der Waals surface area contributed by atoms with E-state index in [2.05, 4.69) is 10.3 Å². The Hall–Kier alpha value is -4.15. The molecule has 0 bridgehead atoms. The van der Waals surface area contributed by atoms with Gasteiger partial charge >= 0.3 is 0 Å². The fraction of sp³-hybridized carbons (Fsp3) is 0.267. The summed E-state index contributed by atoms with van der Waals surface area (Å²) in [5.74, 6) is -0.238. The van der Waals surface area contributed by atoms with Gasteiger partial charge in [-0.3, -0.25) is 9.10 Å². The molecular formula is C30H35N5O4S. The summed E-state index contributed by atoms with van der Waals surface area (Å²) in [5, 5.41) is 14.6. The summed E-state index contributed by atoms with van der Waals surface area (Å²) < 4.78 is 26.3. The van der Waals surface area contributed by atoms with Crippen molar-refractivity contribution in [3.05, 3.63) is 89.5 Å². The van der Waals surface area contributed by atoms with Gasteiger partial charge in [0, 0.05) is 41.7 Å². The summed E-state index contributed by atoms with van der Waals surface area (Å²) in [6.45, 7) is 3.47. The van der Waals surface area contributed by atoms with Gasteiger partial charge in [-0.2, -0.15) is 0 Å². The van der Waals surface area contributed by atoms with Crippen LogP contribution in [0, 0.1) is 0 Å². The molecule has 10 heteroatoms. The van der Waals surface area contributed by atoms with Gasteiger partial charge < -0.3 is 20.3 Å². The number of hydrogen-bond acceptors (Lipinski definition) is 6.